The first-order valence-corrected chi connectivity index (χ1v) is 10.8. The molecule has 1 aromatic carbocycles. The average molecular weight is 451 g/mol. The zero-order valence-corrected chi connectivity index (χ0v) is 17.8. The van der Waals surface area contributed by atoms with E-state index in [1.54, 1.807) is 6.20 Å². The van der Waals surface area contributed by atoms with Crippen molar-refractivity contribution in [3.05, 3.63) is 47.1 Å². The van der Waals surface area contributed by atoms with Crippen LogP contribution in [0.3, 0.4) is 0 Å². The van der Waals surface area contributed by atoms with Crippen LogP contribution in [0, 0.1) is 5.82 Å². The highest BCUT2D eigenvalue weighted by molar-refractivity contribution is 7.99. The van der Waals surface area contributed by atoms with Gasteiger partial charge in [0.1, 0.15) is 22.3 Å². The summed E-state index contributed by atoms with van der Waals surface area (Å²) in [5, 5.41) is 6.69. The molecule has 3 aliphatic carbocycles. The van der Waals surface area contributed by atoms with Gasteiger partial charge in [-0.1, -0.05) is 18.5 Å². The van der Waals surface area contributed by atoms with E-state index >= 15 is 0 Å². The van der Waals surface area contributed by atoms with E-state index in [4.69, 9.17) is 16.3 Å². The summed E-state index contributed by atoms with van der Waals surface area (Å²) in [5.74, 6) is -0.0650. The van der Waals surface area contributed by atoms with Crippen molar-refractivity contribution >= 4 is 35.2 Å². The summed E-state index contributed by atoms with van der Waals surface area (Å²) >= 11 is 7.15. The zero-order valence-electron chi connectivity index (χ0n) is 16.2. The zero-order chi connectivity index (χ0) is 21.4. The molecule has 2 bridgehead atoms. The molecule has 7 nitrogen and oxygen atoms in total. The predicted octanol–water partition coefficient (Wildman–Crippen LogP) is 2.98. The van der Waals surface area contributed by atoms with Crippen molar-refractivity contribution in [1.29, 1.82) is 0 Å². The first-order chi connectivity index (χ1) is 14.3. The van der Waals surface area contributed by atoms with E-state index in [1.165, 1.54) is 30.1 Å². The van der Waals surface area contributed by atoms with E-state index < -0.39 is 5.82 Å². The lowest BCUT2D eigenvalue weighted by Gasteiger charge is -2.70. The molecule has 30 heavy (non-hydrogen) atoms. The van der Waals surface area contributed by atoms with Crippen molar-refractivity contribution in [1.82, 2.24) is 20.6 Å². The number of hydrogen-bond donors (Lipinski definition) is 2. The van der Waals surface area contributed by atoms with Crippen LogP contribution in [0.1, 0.15) is 36.7 Å². The number of aromatic nitrogens is 2. The molecule has 0 unspecified atom stereocenters. The Labute approximate surface area is 182 Å². The molecular formula is C20H20ClFN4O3S. The smallest absolute Gasteiger partial charge is 0.271 e. The molecule has 0 saturated heterocycles. The number of halogens is 2. The van der Waals surface area contributed by atoms with Crippen LogP contribution in [-0.4, -0.2) is 45.2 Å². The normalized spacial score (nSPS) is 23.7. The lowest BCUT2D eigenvalue weighted by Crippen LogP contribution is -2.84. The van der Waals surface area contributed by atoms with E-state index in [0.717, 1.165) is 11.8 Å². The average Bonchev–Trinajstić information content (AvgIpc) is 2.66. The summed E-state index contributed by atoms with van der Waals surface area (Å²) in [6, 6.07) is 4.01. The Bertz CT molecular complexity index is 986. The van der Waals surface area contributed by atoms with Crippen LogP contribution in [0.2, 0.25) is 5.02 Å². The second kappa shape index (κ2) is 8.03. The van der Waals surface area contributed by atoms with Crippen molar-refractivity contribution in [2.45, 2.75) is 42.3 Å². The number of nitrogens with zero attached hydrogens (tertiary/aromatic N) is 2. The van der Waals surface area contributed by atoms with Gasteiger partial charge in [0.05, 0.1) is 17.4 Å². The van der Waals surface area contributed by atoms with Crippen molar-refractivity contribution in [2.24, 2.45) is 0 Å². The van der Waals surface area contributed by atoms with Crippen LogP contribution >= 0.6 is 23.4 Å². The van der Waals surface area contributed by atoms with Crippen LogP contribution in [0.5, 0.6) is 5.75 Å². The largest absolute Gasteiger partial charge is 0.484 e. The highest BCUT2D eigenvalue weighted by atomic mass is 35.5. The van der Waals surface area contributed by atoms with Gasteiger partial charge in [-0.15, -0.1) is 11.8 Å². The molecule has 3 aliphatic rings. The highest BCUT2D eigenvalue weighted by Gasteiger charge is 2.69. The maximum absolute atomic E-state index is 13.4. The number of nitrogens with one attached hydrogen (secondary N) is 2. The van der Waals surface area contributed by atoms with E-state index in [-0.39, 0.29) is 40.3 Å². The quantitative estimate of drug-likeness (QED) is 0.600. The number of hydrogen-bond acceptors (Lipinski definition) is 6. The van der Waals surface area contributed by atoms with Gasteiger partial charge in [0.25, 0.3) is 11.8 Å². The molecule has 1 aromatic heterocycles. The first-order valence-electron chi connectivity index (χ1n) is 9.48. The van der Waals surface area contributed by atoms with Gasteiger partial charge in [-0.3, -0.25) is 14.6 Å². The van der Waals surface area contributed by atoms with Crippen LogP contribution in [0.15, 0.2) is 35.6 Å². The number of amides is 2. The molecule has 2 N–H and O–H groups in total. The summed E-state index contributed by atoms with van der Waals surface area (Å²) < 4.78 is 18.7. The summed E-state index contributed by atoms with van der Waals surface area (Å²) in [4.78, 5) is 33.1. The molecule has 2 aromatic rings. The Morgan fingerprint density at radius 2 is 1.97 bits per heavy atom. The number of rotatable bonds is 8. The molecule has 1 heterocycles. The third-order valence-electron chi connectivity index (χ3n) is 5.21. The summed E-state index contributed by atoms with van der Waals surface area (Å²) in [5.41, 5.74) is -0.329. The molecule has 0 atom stereocenters. The molecule has 3 saturated carbocycles. The van der Waals surface area contributed by atoms with Gasteiger partial charge in [0.15, 0.2) is 6.61 Å². The standard InChI is InChI=1S/C20H20ClFN4O3S/c1-2-30-17-7-23-6-15(24-17)18(28)26-20-9-19(10-20,11-20)25-16(27)8-29-12-3-4-13(21)14(22)5-12/h3-7H,2,8-11H2,1H3,(H,25,27)(H,26,28). The fourth-order valence-electron chi connectivity index (χ4n) is 4.08. The monoisotopic (exact) mass is 450 g/mol. The van der Waals surface area contributed by atoms with Crippen LogP contribution in [0.4, 0.5) is 4.39 Å². The molecule has 2 amide bonds. The molecule has 3 fully saturated rings. The van der Waals surface area contributed by atoms with Gasteiger partial charge in [-0.2, -0.15) is 0 Å². The minimum atomic E-state index is -0.602. The minimum Gasteiger partial charge on any atom is -0.484 e. The van der Waals surface area contributed by atoms with Crippen molar-refractivity contribution < 1.29 is 18.7 Å². The van der Waals surface area contributed by atoms with Gasteiger partial charge in [0, 0.05) is 17.1 Å². The first kappa shape index (κ1) is 20.9. The van der Waals surface area contributed by atoms with Gasteiger partial charge >= 0.3 is 0 Å². The Kier molecular flexibility index (Phi) is 5.59. The maximum Gasteiger partial charge on any atom is 0.271 e. The van der Waals surface area contributed by atoms with Gasteiger partial charge < -0.3 is 15.4 Å². The van der Waals surface area contributed by atoms with Crippen molar-refractivity contribution in [3.63, 3.8) is 0 Å². The number of benzene rings is 1. The number of ether oxygens (including phenoxy) is 1. The van der Waals surface area contributed by atoms with E-state index in [1.807, 2.05) is 6.92 Å². The second-order valence-electron chi connectivity index (χ2n) is 7.63. The fraction of sp³-hybridized carbons (Fsp3) is 0.400. The van der Waals surface area contributed by atoms with Gasteiger partial charge in [-0.05, 0) is 37.1 Å². The Hall–Kier alpha value is -2.39. The molecule has 5 rings (SSSR count). The number of carbonyl (C=O) groups excluding carboxylic acids is 2. The Morgan fingerprint density at radius 1 is 1.23 bits per heavy atom. The van der Waals surface area contributed by atoms with Crippen molar-refractivity contribution in [3.8, 4) is 5.75 Å². The third kappa shape index (κ3) is 4.22. The highest BCUT2D eigenvalue weighted by Crippen LogP contribution is 2.60. The SMILES string of the molecule is CCSc1cncc(C(=O)NC23CC(NC(=O)COc4ccc(Cl)c(F)c4)(C2)C3)n1. The number of thioether (sulfide) groups is 1. The minimum absolute atomic E-state index is 0.00478. The lowest BCUT2D eigenvalue weighted by molar-refractivity contribution is -0.141. The lowest BCUT2D eigenvalue weighted by atomic mass is 9.44. The molecule has 10 heteroatoms. The molecule has 0 spiro atoms. The molecule has 0 aliphatic heterocycles. The van der Waals surface area contributed by atoms with Gasteiger partial charge in [0.2, 0.25) is 0 Å². The summed E-state index contributed by atoms with van der Waals surface area (Å²) in [6.07, 6.45) is 5.06. The molecule has 0 radical (unpaired) electrons. The third-order valence-corrected chi connectivity index (χ3v) is 6.30. The predicted molar refractivity (Wildman–Crippen MR) is 110 cm³/mol. The van der Waals surface area contributed by atoms with Crippen LogP contribution < -0.4 is 15.4 Å². The van der Waals surface area contributed by atoms with Gasteiger partial charge in [-0.25, -0.2) is 9.37 Å². The van der Waals surface area contributed by atoms with Crippen LogP contribution in [0.25, 0.3) is 0 Å². The maximum atomic E-state index is 13.4. The summed E-state index contributed by atoms with van der Waals surface area (Å²) in [7, 11) is 0. The van der Waals surface area contributed by atoms with E-state index in [2.05, 4.69) is 20.6 Å². The fourth-order valence-corrected chi connectivity index (χ4v) is 4.79. The topological polar surface area (TPSA) is 93.2 Å². The van der Waals surface area contributed by atoms with Crippen molar-refractivity contribution in [2.75, 3.05) is 12.4 Å². The van der Waals surface area contributed by atoms with E-state index in [0.29, 0.717) is 30.0 Å². The second-order valence-corrected chi connectivity index (χ2v) is 9.32. The number of carbonyl (C=O) groups is 2. The summed E-state index contributed by atoms with van der Waals surface area (Å²) in [6.45, 7) is 1.78. The van der Waals surface area contributed by atoms with E-state index in [9.17, 15) is 14.0 Å². The molecule has 158 valence electrons. The Balaban J connectivity index is 1.24. The Morgan fingerprint density at radius 3 is 2.67 bits per heavy atom. The molecular weight excluding hydrogens is 431 g/mol. The van der Waals surface area contributed by atoms with Crippen LogP contribution in [-0.2, 0) is 4.79 Å².